The number of carbonyl (C=O) groups is 1. The lowest BCUT2D eigenvalue weighted by atomic mass is 10.1. The number of benzene rings is 2. The smallest absolute Gasteiger partial charge is 0.258 e. The van der Waals surface area contributed by atoms with E-state index < -0.39 is 11.7 Å². The second-order valence-corrected chi connectivity index (χ2v) is 6.20. The van der Waals surface area contributed by atoms with Crippen molar-refractivity contribution in [1.29, 1.82) is 0 Å². The van der Waals surface area contributed by atoms with Gasteiger partial charge in [-0.15, -0.1) is 0 Å². The van der Waals surface area contributed by atoms with E-state index in [9.17, 15) is 9.18 Å². The summed E-state index contributed by atoms with van der Waals surface area (Å²) < 4.78 is 15.4. The molecule has 0 aliphatic heterocycles. The molecule has 1 amide bonds. The van der Waals surface area contributed by atoms with Gasteiger partial charge in [0.1, 0.15) is 5.82 Å². The van der Waals surface area contributed by atoms with E-state index in [0.29, 0.717) is 10.2 Å². The Hall–Kier alpha value is -0.950. The Morgan fingerprint density at radius 2 is 2.00 bits per heavy atom. The first-order valence-corrected chi connectivity index (χ1v) is 7.37. The molecule has 1 N–H and O–H groups in total. The van der Waals surface area contributed by atoms with Crippen LogP contribution in [0.3, 0.4) is 0 Å². The minimum Gasteiger partial charge on any atom is -0.322 e. The van der Waals surface area contributed by atoms with Crippen molar-refractivity contribution in [2.75, 3.05) is 5.32 Å². The molecular weight excluding hydrogens is 424 g/mol. The summed E-state index contributed by atoms with van der Waals surface area (Å²) in [5.74, 6) is -0.994. The number of hydrogen-bond acceptors (Lipinski definition) is 1. The third-order valence-corrected chi connectivity index (χ3v) is 3.77. The molecule has 2 aromatic carbocycles. The van der Waals surface area contributed by atoms with Crippen LogP contribution < -0.4 is 5.32 Å². The summed E-state index contributed by atoms with van der Waals surface area (Å²) in [5, 5.41) is 2.72. The summed E-state index contributed by atoms with van der Waals surface area (Å²) >= 11 is 5.42. The number of carbonyl (C=O) groups excluding carboxylic acids is 1. The normalized spacial score (nSPS) is 10.3. The summed E-state index contributed by atoms with van der Waals surface area (Å²) in [6.07, 6.45) is 0. The molecule has 0 radical (unpaired) electrons. The Morgan fingerprint density at radius 1 is 1.26 bits per heavy atom. The summed E-state index contributed by atoms with van der Waals surface area (Å²) in [5.41, 5.74) is 1.65. The number of rotatable bonds is 2. The van der Waals surface area contributed by atoms with Crippen molar-refractivity contribution in [2.24, 2.45) is 0 Å². The van der Waals surface area contributed by atoms with Crippen molar-refractivity contribution in [3.05, 3.63) is 61.4 Å². The maximum atomic E-state index is 13.6. The Bertz CT molecular complexity index is 645. The standard InChI is InChI=1S/C14H10BrFINO/c1-8-6-10(17)3-5-13(8)18-14(19)11-7-9(15)2-4-12(11)16/h2-7H,1H3,(H,18,19). The molecule has 0 atom stereocenters. The van der Waals surface area contributed by atoms with Gasteiger partial charge < -0.3 is 5.32 Å². The highest BCUT2D eigenvalue weighted by molar-refractivity contribution is 14.1. The highest BCUT2D eigenvalue weighted by Crippen LogP contribution is 2.20. The van der Waals surface area contributed by atoms with Crippen LogP contribution >= 0.6 is 38.5 Å². The number of nitrogens with one attached hydrogen (secondary N) is 1. The molecule has 0 fully saturated rings. The van der Waals surface area contributed by atoms with Crippen LogP contribution in [0.1, 0.15) is 15.9 Å². The predicted molar refractivity (Wildman–Crippen MR) is 85.9 cm³/mol. The van der Waals surface area contributed by atoms with E-state index in [4.69, 9.17) is 0 Å². The fourth-order valence-electron chi connectivity index (χ4n) is 1.63. The van der Waals surface area contributed by atoms with Gasteiger partial charge in [0.05, 0.1) is 5.56 Å². The van der Waals surface area contributed by atoms with Gasteiger partial charge in [-0.25, -0.2) is 4.39 Å². The summed E-state index contributed by atoms with van der Waals surface area (Å²) in [6.45, 7) is 1.90. The molecule has 0 aliphatic rings. The minimum absolute atomic E-state index is 0.0207. The lowest BCUT2D eigenvalue weighted by molar-refractivity contribution is 0.102. The lowest BCUT2D eigenvalue weighted by Gasteiger charge is -2.09. The molecule has 0 bridgehead atoms. The van der Waals surface area contributed by atoms with Crippen LogP contribution in [0.25, 0.3) is 0 Å². The van der Waals surface area contributed by atoms with Gasteiger partial charge in [0.2, 0.25) is 0 Å². The molecule has 19 heavy (non-hydrogen) atoms. The van der Waals surface area contributed by atoms with Gasteiger partial charge in [0.25, 0.3) is 5.91 Å². The molecule has 5 heteroatoms. The first-order chi connectivity index (χ1) is 8.97. The van der Waals surface area contributed by atoms with Crippen LogP contribution in [0.4, 0.5) is 10.1 Å². The second-order valence-electron chi connectivity index (χ2n) is 4.04. The molecule has 0 spiro atoms. The largest absolute Gasteiger partial charge is 0.322 e. The number of amides is 1. The molecule has 0 saturated carbocycles. The highest BCUT2D eigenvalue weighted by Gasteiger charge is 2.13. The average molecular weight is 434 g/mol. The van der Waals surface area contributed by atoms with Crippen molar-refractivity contribution in [3.63, 3.8) is 0 Å². The van der Waals surface area contributed by atoms with E-state index in [1.54, 1.807) is 6.07 Å². The van der Waals surface area contributed by atoms with Crippen LogP contribution in [0.2, 0.25) is 0 Å². The Kier molecular flexibility index (Phi) is 4.57. The van der Waals surface area contributed by atoms with Crippen molar-refractivity contribution >= 4 is 50.1 Å². The highest BCUT2D eigenvalue weighted by atomic mass is 127. The van der Waals surface area contributed by atoms with Crippen LogP contribution in [0.15, 0.2) is 40.9 Å². The van der Waals surface area contributed by atoms with Crippen LogP contribution in [-0.2, 0) is 0 Å². The van der Waals surface area contributed by atoms with E-state index in [2.05, 4.69) is 43.8 Å². The van der Waals surface area contributed by atoms with E-state index in [1.165, 1.54) is 12.1 Å². The third kappa shape index (κ3) is 3.54. The Labute approximate surface area is 132 Å². The Balaban J connectivity index is 2.28. The van der Waals surface area contributed by atoms with Crippen molar-refractivity contribution in [3.8, 4) is 0 Å². The number of halogens is 3. The van der Waals surface area contributed by atoms with Gasteiger partial charge in [0.15, 0.2) is 0 Å². The van der Waals surface area contributed by atoms with E-state index >= 15 is 0 Å². The average Bonchev–Trinajstić information content (AvgIpc) is 2.35. The maximum absolute atomic E-state index is 13.6. The first kappa shape index (κ1) is 14.5. The van der Waals surface area contributed by atoms with E-state index in [-0.39, 0.29) is 5.56 Å². The van der Waals surface area contributed by atoms with Crippen LogP contribution in [0, 0.1) is 16.3 Å². The van der Waals surface area contributed by atoms with Crippen molar-refractivity contribution in [1.82, 2.24) is 0 Å². The molecule has 2 rings (SSSR count). The number of hydrogen-bond donors (Lipinski definition) is 1. The maximum Gasteiger partial charge on any atom is 0.258 e. The zero-order valence-electron chi connectivity index (χ0n) is 10.0. The van der Waals surface area contributed by atoms with Gasteiger partial charge in [-0.2, -0.15) is 0 Å². The van der Waals surface area contributed by atoms with E-state index in [0.717, 1.165) is 9.13 Å². The van der Waals surface area contributed by atoms with Crippen LogP contribution in [-0.4, -0.2) is 5.91 Å². The van der Waals surface area contributed by atoms with E-state index in [1.807, 2.05) is 25.1 Å². The molecule has 0 aromatic heterocycles. The van der Waals surface area contributed by atoms with Crippen molar-refractivity contribution < 1.29 is 9.18 Å². The quantitative estimate of drug-likeness (QED) is 0.680. The summed E-state index contributed by atoms with van der Waals surface area (Å²) in [6, 6.07) is 9.94. The molecule has 2 aromatic rings. The first-order valence-electron chi connectivity index (χ1n) is 5.50. The zero-order valence-corrected chi connectivity index (χ0v) is 13.7. The molecule has 0 heterocycles. The summed E-state index contributed by atoms with van der Waals surface area (Å²) in [7, 11) is 0. The molecule has 0 saturated heterocycles. The van der Waals surface area contributed by atoms with Gasteiger partial charge in [0, 0.05) is 13.7 Å². The molecule has 2 nitrogen and oxygen atoms in total. The molecule has 98 valence electrons. The number of anilines is 1. The topological polar surface area (TPSA) is 29.1 Å². The fraction of sp³-hybridized carbons (Fsp3) is 0.0714. The lowest BCUT2D eigenvalue weighted by Crippen LogP contribution is -2.14. The summed E-state index contributed by atoms with van der Waals surface area (Å²) in [4.78, 5) is 12.1. The predicted octanol–water partition coefficient (Wildman–Crippen LogP) is 4.75. The van der Waals surface area contributed by atoms with Gasteiger partial charge in [-0.3, -0.25) is 4.79 Å². The zero-order chi connectivity index (χ0) is 14.0. The molecular formula is C14H10BrFINO. The monoisotopic (exact) mass is 433 g/mol. The molecule has 0 aliphatic carbocycles. The van der Waals surface area contributed by atoms with Gasteiger partial charge in [-0.1, -0.05) is 15.9 Å². The Morgan fingerprint density at radius 3 is 2.68 bits per heavy atom. The SMILES string of the molecule is Cc1cc(I)ccc1NC(=O)c1cc(Br)ccc1F. The third-order valence-electron chi connectivity index (χ3n) is 2.61. The second kappa shape index (κ2) is 6.00. The van der Waals surface area contributed by atoms with Crippen LogP contribution in [0.5, 0.6) is 0 Å². The minimum atomic E-state index is -0.538. The fourth-order valence-corrected chi connectivity index (χ4v) is 2.64. The van der Waals surface area contributed by atoms with Gasteiger partial charge in [-0.05, 0) is 71.5 Å². The van der Waals surface area contributed by atoms with Gasteiger partial charge >= 0.3 is 0 Å². The molecule has 0 unspecified atom stereocenters. The number of aryl methyl sites for hydroxylation is 1. The van der Waals surface area contributed by atoms with Crippen molar-refractivity contribution in [2.45, 2.75) is 6.92 Å².